The molecule has 0 saturated carbocycles. The monoisotopic (exact) mass is 263 g/mol. The van der Waals surface area contributed by atoms with Crippen LogP contribution in [0.2, 0.25) is 5.02 Å². The highest BCUT2D eigenvalue weighted by Crippen LogP contribution is 2.22. The largest absolute Gasteiger partial charge is 0.493 e. The van der Waals surface area contributed by atoms with Gasteiger partial charge in [0.1, 0.15) is 11.8 Å². The summed E-state index contributed by atoms with van der Waals surface area (Å²) in [7, 11) is 0. The van der Waals surface area contributed by atoms with Crippen LogP contribution in [0, 0.1) is 11.3 Å². The number of thiophene rings is 1. The molecule has 1 aromatic heterocycles. The third-order valence-corrected chi connectivity index (χ3v) is 3.51. The molecule has 0 saturated heterocycles. The molecule has 0 atom stereocenters. The number of halogens is 1. The van der Waals surface area contributed by atoms with Crippen molar-refractivity contribution in [3.8, 4) is 11.8 Å². The molecule has 0 aliphatic rings. The lowest BCUT2D eigenvalue weighted by Gasteiger charge is -2.06. The fraction of sp³-hybridized carbons (Fsp3) is 0.154. The summed E-state index contributed by atoms with van der Waals surface area (Å²) in [6.07, 6.45) is 0.884. The van der Waals surface area contributed by atoms with Gasteiger partial charge in [0.15, 0.2) is 0 Å². The van der Waals surface area contributed by atoms with E-state index in [4.69, 9.17) is 21.6 Å². The molecule has 0 fully saturated rings. The summed E-state index contributed by atoms with van der Waals surface area (Å²) in [6, 6.07) is 11.2. The van der Waals surface area contributed by atoms with Crippen LogP contribution in [0.25, 0.3) is 0 Å². The molecule has 0 radical (unpaired) electrons. The zero-order valence-corrected chi connectivity index (χ0v) is 10.6. The van der Waals surface area contributed by atoms with Crippen molar-refractivity contribution >= 4 is 22.9 Å². The molecule has 17 heavy (non-hydrogen) atoms. The molecule has 0 aliphatic carbocycles. The zero-order chi connectivity index (χ0) is 12.1. The van der Waals surface area contributed by atoms with Crippen LogP contribution in [-0.2, 0) is 6.42 Å². The predicted molar refractivity (Wildman–Crippen MR) is 69.7 cm³/mol. The van der Waals surface area contributed by atoms with Gasteiger partial charge in [0, 0.05) is 17.4 Å². The molecule has 86 valence electrons. The fourth-order valence-electron chi connectivity index (χ4n) is 1.40. The van der Waals surface area contributed by atoms with Crippen molar-refractivity contribution in [3.05, 3.63) is 51.2 Å². The van der Waals surface area contributed by atoms with E-state index in [2.05, 4.69) is 6.07 Å². The summed E-state index contributed by atoms with van der Waals surface area (Å²) < 4.78 is 5.57. The number of rotatable bonds is 4. The molecular formula is C13H10ClNOS. The topological polar surface area (TPSA) is 33.0 Å². The third-order valence-electron chi connectivity index (χ3n) is 2.26. The van der Waals surface area contributed by atoms with Gasteiger partial charge in [0.05, 0.1) is 17.2 Å². The SMILES string of the molecule is N#Cc1ccc(OCCc2cccs2)cc1Cl. The lowest BCUT2D eigenvalue weighted by Crippen LogP contribution is -2.00. The minimum Gasteiger partial charge on any atom is -0.493 e. The van der Waals surface area contributed by atoms with Gasteiger partial charge in [-0.25, -0.2) is 0 Å². The normalized spacial score (nSPS) is 9.88. The van der Waals surface area contributed by atoms with Crippen LogP contribution in [0.15, 0.2) is 35.7 Å². The maximum Gasteiger partial charge on any atom is 0.120 e. The van der Waals surface area contributed by atoms with Crippen molar-refractivity contribution in [2.45, 2.75) is 6.42 Å². The first-order valence-corrected chi connectivity index (χ1v) is 6.40. The van der Waals surface area contributed by atoms with E-state index in [1.807, 2.05) is 17.5 Å². The molecule has 0 spiro atoms. The molecule has 0 N–H and O–H groups in total. The van der Waals surface area contributed by atoms with Gasteiger partial charge in [0.25, 0.3) is 0 Å². The number of hydrogen-bond donors (Lipinski definition) is 0. The molecule has 2 nitrogen and oxygen atoms in total. The van der Waals surface area contributed by atoms with Gasteiger partial charge in [0.2, 0.25) is 0 Å². The van der Waals surface area contributed by atoms with Crippen molar-refractivity contribution in [1.82, 2.24) is 0 Å². The summed E-state index contributed by atoms with van der Waals surface area (Å²) in [5.41, 5.74) is 0.470. The lowest BCUT2D eigenvalue weighted by atomic mass is 10.2. The van der Waals surface area contributed by atoms with Gasteiger partial charge in [-0.1, -0.05) is 17.7 Å². The van der Waals surface area contributed by atoms with E-state index in [9.17, 15) is 0 Å². The highest BCUT2D eigenvalue weighted by atomic mass is 35.5. The van der Waals surface area contributed by atoms with Crippen molar-refractivity contribution < 1.29 is 4.74 Å². The number of hydrogen-bond acceptors (Lipinski definition) is 3. The highest BCUT2D eigenvalue weighted by molar-refractivity contribution is 7.09. The van der Waals surface area contributed by atoms with Crippen molar-refractivity contribution in [2.75, 3.05) is 6.61 Å². The number of nitriles is 1. The smallest absolute Gasteiger partial charge is 0.120 e. The standard InChI is InChI=1S/C13H10ClNOS/c14-13-8-11(4-3-10(13)9-15)16-6-5-12-2-1-7-17-12/h1-4,7-8H,5-6H2. The Labute approximate surface area is 109 Å². The van der Waals surface area contributed by atoms with Crippen LogP contribution in [0.1, 0.15) is 10.4 Å². The Kier molecular flexibility index (Phi) is 4.03. The predicted octanol–water partition coefficient (Wildman–Crippen LogP) is 3.89. The zero-order valence-electron chi connectivity index (χ0n) is 9.02. The molecule has 1 heterocycles. The summed E-state index contributed by atoms with van der Waals surface area (Å²) in [5, 5.41) is 11.2. The van der Waals surface area contributed by atoms with Crippen molar-refractivity contribution in [1.29, 1.82) is 5.26 Å². The van der Waals surface area contributed by atoms with Gasteiger partial charge in [-0.05, 0) is 23.6 Å². The first-order chi connectivity index (χ1) is 8.29. The molecule has 4 heteroatoms. The minimum atomic E-state index is 0.432. The highest BCUT2D eigenvalue weighted by Gasteiger charge is 2.02. The maximum atomic E-state index is 8.74. The number of ether oxygens (including phenoxy) is 1. The van der Waals surface area contributed by atoms with E-state index in [1.54, 1.807) is 29.5 Å². The van der Waals surface area contributed by atoms with Crippen LogP contribution in [-0.4, -0.2) is 6.61 Å². The first-order valence-electron chi connectivity index (χ1n) is 5.14. The average Bonchev–Trinajstić information content (AvgIpc) is 2.82. The quantitative estimate of drug-likeness (QED) is 0.838. The van der Waals surface area contributed by atoms with E-state index in [0.29, 0.717) is 22.9 Å². The van der Waals surface area contributed by atoms with Gasteiger partial charge >= 0.3 is 0 Å². The fourth-order valence-corrected chi connectivity index (χ4v) is 2.30. The third kappa shape index (κ3) is 3.23. The van der Waals surface area contributed by atoms with E-state index < -0.39 is 0 Å². The molecule has 0 aliphatic heterocycles. The van der Waals surface area contributed by atoms with Gasteiger partial charge in [-0.2, -0.15) is 5.26 Å². The first kappa shape index (κ1) is 12.0. The Balaban J connectivity index is 1.91. The van der Waals surface area contributed by atoms with Crippen LogP contribution in [0.3, 0.4) is 0 Å². The summed E-state index contributed by atoms with van der Waals surface area (Å²) in [4.78, 5) is 1.30. The maximum absolute atomic E-state index is 8.74. The second-order valence-corrected chi connectivity index (χ2v) is 4.87. The Hall–Kier alpha value is -1.50. The van der Waals surface area contributed by atoms with Crippen molar-refractivity contribution in [3.63, 3.8) is 0 Å². The lowest BCUT2D eigenvalue weighted by molar-refractivity contribution is 0.323. The minimum absolute atomic E-state index is 0.432. The van der Waals surface area contributed by atoms with Crippen molar-refractivity contribution in [2.24, 2.45) is 0 Å². The van der Waals surface area contributed by atoms with Crippen LogP contribution >= 0.6 is 22.9 Å². The second kappa shape index (κ2) is 5.72. The van der Waals surface area contributed by atoms with Crippen LogP contribution in [0.5, 0.6) is 5.75 Å². The molecule has 0 amide bonds. The Morgan fingerprint density at radius 3 is 2.88 bits per heavy atom. The van der Waals surface area contributed by atoms with Gasteiger partial charge in [-0.15, -0.1) is 11.3 Å². The average molecular weight is 264 g/mol. The molecule has 0 unspecified atom stereocenters. The summed E-state index contributed by atoms with van der Waals surface area (Å²) in [6.45, 7) is 0.614. The van der Waals surface area contributed by atoms with Crippen LogP contribution < -0.4 is 4.74 Å². The number of benzene rings is 1. The number of nitrogens with zero attached hydrogens (tertiary/aromatic N) is 1. The molecule has 2 rings (SSSR count). The second-order valence-electron chi connectivity index (χ2n) is 3.43. The van der Waals surface area contributed by atoms with E-state index in [-0.39, 0.29) is 0 Å². The van der Waals surface area contributed by atoms with Gasteiger partial charge < -0.3 is 4.74 Å². The molecule has 2 aromatic rings. The molecular weight excluding hydrogens is 254 g/mol. The Morgan fingerprint density at radius 1 is 1.35 bits per heavy atom. The van der Waals surface area contributed by atoms with E-state index >= 15 is 0 Å². The molecule has 1 aromatic carbocycles. The van der Waals surface area contributed by atoms with E-state index in [1.165, 1.54) is 4.88 Å². The summed E-state index contributed by atoms with van der Waals surface area (Å²) in [5.74, 6) is 0.700. The molecule has 0 bridgehead atoms. The van der Waals surface area contributed by atoms with Crippen LogP contribution in [0.4, 0.5) is 0 Å². The van der Waals surface area contributed by atoms with E-state index in [0.717, 1.165) is 6.42 Å². The Morgan fingerprint density at radius 2 is 2.24 bits per heavy atom. The Bertz CT molecular complexity index is 531. The van der Waals surface area contributed by atoms with Gasteiger partial charge in [-0.3, -0.25) is 0 Å². The summed E-state index contributed by atoms with van der Waals surface area (Å²) >= 11 is 7.63.